The van der Waals surface area contributed by atoms with Crippen LogP contribution in [0.4, 0.5) is 0 Å². The van der Waals surface area contributed by atoms with Gasteiger partial charge in [0.05, 0.1) is 7.11 Å². The fraction of sp³-hybridized carbons (Fsp3) is 0.647. The summed E-state index contributed by atoms with van der Waals surface area (Å²) >= 11 is 6.28. The van der Waals surface area contributed by atoms with Crippen molar-refractivity contribution in [1.29, 1.82) is 0 Å². The monoisotopic (exact) mass is 310 g/mol. The lowest BCUT2D eigenvalue weighted by Crippen LogP contribution is -2.42. The van der Waals surface area contributed by atoms with Gasteiger partial charge in [0, 0.05) is 23.2 Å². The molecular weight excluding hydrogens is 284 g/mol. The fourth-order valence-corrected chi connectivity index (χ4v) is 3.12. The van der Waals surface area contributed by atoms with Gasteiger partial charge in [-0.05, 0) is 51.0 Å². The molecule has 0 bridgehead atoms. The Kier molecular flexibility index (Phi) is 6.81. The van der Waals surface area contributed by atoms with Gasteiger partial charge >= 0.3 is 0 Å². The van der Waals surface area contributed by atoms with E-state index in [0.29, 0.717) is 6.04 Å². The Morgan fingerprint density at radius 3 is 2.76 bits per heavy atom. The molecule has 4 heteroatoms. The zero-order valence-corrected chi connectivity index (χ0v) is 14.0. The molecule has 1 fully saturated rings. The SMILES string of the molecule is CCCCN1CCC(NCc2c(Cl)cccc2OC)CC1. The van der Waals surface area contributed by atoms with Crippen molar-refractivity contribution in [3.8, 4) is 5.75 Å². The average Bonchev–Trinajstić information content (AvgIpc) is 2.52. The van der Waals surface area contributed by atoms with Crippen molar-refractivity contribution in [2.45, 2.75) is 45.2 Å². The quantitative estimate of drug-likeness (QED) is 0.831. The van der Waals surface area contributed by atoms with Crippen LogP contribution in [0.2, 0.25) is 5.02 Å². The van der Waals surface area contributed by atoms with E-state index >= 15 is 0 Å². The number of ether oxygens (including phenoxy) is 1. The van der Waals surface area contributed by atoms with Crippen LogP contribution in [0.25, 0.3) is 0 Å². The lowest BCUT2D eigenvalue weighted by atomic mass is 10.0. The highest BCUT2D eigenvalue weighted by Crippen LogP contribution is 2.26. The summed E-state index contributed by atoms with van der Waals surface area (Å²) in [6, 6.07) is 6.41. The van der Waals surface area contributed by atoms with Gasteiger partial charge in [-0.3, -0.25) is 0 Å². The topological polar surface area (TPSA) is 24.5 Å². The molecule has 3 nitrogen and oxygen atoms in total. The molecular formula is C17H27ClN2O. The summed E-state index contributed by atoms with van der Waals surface area (Å²) < 4.78 is 5.39. The van der Waals surface area contributed by atoms with Crippen molar-refractivity contribution < 1.29 is 4.74 Å². The number of nitrogens with zero attached hydrogens (tertiary/aromatic N) is 1. The maximum atomic E-state index is 6.28. The number of benzene rings is 1. The van der Waals surface area contributed by atoms with Crippen molar-refractivity contribution in [3.63, 3.8) is 0 Å². The molecule has 0 unspecified atom stereocenters. The first-order valence-electron chi connectivity index (χ1n) is 8.01. The van der Waals surface area contributed by atoms with Crippen molar-refractivity contribution in [3.05, 3.63) is 28.8 Å². The van der Waals surface area contributed by atoms with Crippen LogP contribution in [0.3, 0.4) is 0 Å². The van der Waals surface area contributed by atoms with Crippen molar-refractivity contribution in [2.24, 2.45) is 0 Å². The third-order valence-electron chi connectivity index (χ3n) is 4.28. The Hall–Kier alpha value is -0.770. The zero-order valence-electron chi connectivity index (χ0n) is 13.2. The molecule has 1 aromatic rings. The molecule has 0 amide bonds. The number of unbranched alkanes of at least 4 members (excludes halogenated alkanes) is 1. The summed E-state index contributed by atoms with van der Waals surface area (Å²) in [4.78, 5) is 2.58. The van der Waals surface area contributed by atoms with Crippen LogP contribution in [0.5, 0.6) is 5.75 Å². The van der Waals surface area contributed by atoms with E-state index in [2.05, 4.69) is 17.1 Å². The summed E-state index contributed by atoms with van der Waals surface area (Å²) in [7, 11) is 1.70. The number of rotatable bonds is 7. The third kappa shape index (κ3) is 4.87. The van der Waals surface area contributed by atoms with Crippen LogP contribution >= 0.6 is 11.6 Å². The van der Waals surface area contributed by atoms with E-state index in [1.807, 2.05) is 18.2 Å². The molecule has 118 valence electrons. The highest BCUT2D eigenvalue weighted by molar-refractivity contribution is 6.31. The van der Waals surface area contributed by atoms with E-state index in [4.69, 9.17) is 16.3 Å². The average molecular weight is 311 g/mol. The van der Waals surface area contributed by atoms with Crippen LogP contribution < -0.4 is 10.1 Å². The van der Waals surface area contributed by atoms with E-state index in [0.717, 1.165) is 22.9 Å². The molecule has 1 aliphatic heterocycles. The Morgan fingerprint density at radius 2 is 2.10 bits per heavy atom. The van der Waals surface area contributed by atoms with Crippen LogP contribution in [-0.4, -0.2) is 37.7 Å². The van der Waals surface area contributed by atoms with E-state index in [1.54, 1.807) is 7.11 Å². The van der Waals surface area contributed by atoms with E-state index < -0.39 is 0 Å². The summed E-state index contributed by atoms with van der Waals surface area (Å²) in [5.41, 5.74) is 1.06. The van der Waals surface area contributed by atoms with Gasteiger partial charge in [-0.2, -0.15) is 0 Å². The normalized spacial score (nSPS) is 17.1. The molecule has 1 N–H and O–H groups in total. The van der Waals surface area contributed by atoms with Crippen LogP contribution in [-0.2, 0) is 6.54 Å². The molecule has 21 heavy (non-hydrogen) atoms. The Labute approximate surface area is 133 Å². The summed E-state index contributed by atoms with van der Waals surface area (Å²) in [5.74, 6) is 0.871. The molecule has 1 saturated heterocycles. The van der Waals surface area contributed by atoms with Crippen molar-refractivity contribution in [2.75, 3.05) is 26.7 Å². The van der Waals surface area contributed by atoms with Crippen LogP contribution in [0.15, 0.2) is 18.2 Å². The maximum Gasteiger partial charge on any atom is 0.124 e. The summed E-state index contributed by atoms with van der Waals surface area (Å²) in [5, 5.41) is 4.42. The lowest BCUT2D eigenvalue weighted by molar-refractivity contribution is 0.194. The second-order valence-electron chi connectivity index (χ2n) is 5.77. The molecule has 0 radical (unpaired) electrons. The van der Waals surface area contributed by atoms with Gasteiger partial charge in [0.2, 0.25) is 0 Å². The highest BCUT2D eigenvalue weighted by atomic mass is 35.5. The second kappa shape index (κ2) is 8.62. The smallest absolute Gasteiger partial charge is 0.124 e. The number of piperidine rings is 1. The fourth-order valence-electron chi connectivity index (χ4n) is 2.89. The second-order valence-corrected chi connectivity index (χ2v) is 6.18. The minimum Gasteiger partial charge on any atom is -0.496 e. The van der Waals surface area contributed by atoms with Gasteiger partial charge in [0.15, 0.2) is 0 Å². The van der Waals surface area contributed by atoms with Crippen molar-refractivity contribution in [1.82, 2.24) is 10.2 Å². The first kappa shape index (κ1) is 16.6. The molecule has 0 atom stereocenters. The van der Waals surface area contributed by atoms with Gasteiger partial charge in [0.1, 0.15) is 5.75 Å². The van der Waals surface area contributed by atoms with Gasteiger partial charge in [-0.25, -0.2) is 0 Å². The molecule has 0 saturated carbocycles. The van der Waals surface area contributed by atoms with Gasteiger partial charge in [-0.15, -0.1) is 0 Å². The lowest BCUT2D eigenvalue weighted by Gasteiger charge is -2.32. The Bertz CT molecular complexity index is 431. The van der Waals surface area contributed by atoms with Crippen LogP contribution in [0, 0.1) is 0 Å². The molecule has 0 spiro atoms. The number of hydrogen-bond acceptors (Lipinski definition) is 3. The molecule has 2 rings (SSSR count). The standard InChI is InChI=1S/C17H27ClN2O/c1-3-4-10-20-11-8-14(9-12-20)19-13-15-16(18)6-5-7-17(15)21-2/h5-7,14,19H,3-4,8-13H2,1-2H3. The number of hydrogen-bond donors (Lipinski definition) is 1. The van der Waals surface area contributed by atoms with E-state index in [9.17, 15) is 0 Å². The zero-order chi connectivity index (χ0) is 15.1. The van der Waals surface area contributed by atoms with E-state index in [1.165, 1.54) is 45.3 Å². The number of likely N-dealkylation sites (tertiary alicyclic amines) is 1. The van der Waals surface area contributed by atoms with Gasteiger partial charge < -0.3 is 15.0 Å². The number of nitrogens with one attached hydrogen (secondary N) is 1. The number of halogens is 1. The molecule has 0 aromatic heterocycles. The third-order valence-corrected chi connectivity index (χ3v) is 4.63. The summed E-state index contributed by atoms with van der Waals surface area (Å²) in [6.45, 7) is 6.70. The number of methoxy groups -OCH3 is 1. The largest absolute Gasteiger partial charge is 0.496 e. The Balaban J connectivity index is 1.80. The maximum absolute atomic E-state index is 6.28. The molecule has 1 heterocycles. The van der Waals surface area contributed by atoms with Crippen LogP contribution in [0.1, 0.15) is 38.2 Å². The van der Waals surface area contributed by atoms with Gasteiger partial charge in [0.25, 0.3) is 0 Å². The first-order chi connectivity index (χ1) is 10.2. The minimum absolute atomic E-state index is 0.587. The van der Waals surface area contributed by atoms with E-state index in [-0.39, 0.29) is 0 Å². The highest BCUT2D eigenvalue weighted by Gasteiger charge is 2.19. The van der Waals surface area contributed by atoms with Crippen molar-refractivity contribution >= 4 is 11.6 Å². The predicted octanol–water partition coefficient (Wildman–Crippen LogP) is 3.70. The Morgan fingerprint density at radius 1 is 1.33 bits per heavy atom. The minimum atomic E-state index is 0.587. The first-order valence-corrected chi connectivity index (χ1v) is 8.39. The van der Waals surface area contributed by atoms with Gasteiger partial charge in [-0.1, -0.05) is 31.0 Å². The molecule has 1 aromatic carbocycles. The summed E-state index contributed by atoms with van der Waals surface area (Å²) in [6.07, 6.45) is 5.03. The molecule has 1 aliphatic rings. The molecule has 0 aliphatic carbocycles. The predicted molar refractivity (Wildman–Crippen MR) is 89.2 cm³/mol.